The van der Waals surface area contributed by atoms with Gasteiger partial charge in [0.05, 0.1) is 0 Å². The van der Waals surface area contributed by atoms with Gasteiger partial charge in [0.2, 0.25) is 0 Å². The first kappa shape index (κ1) is 13.0. The summed E-state index contributed by atoms with van der Waals surface area (Å²) in [6.07, 6.45) is 1.31. The van der Waals surface area contributed by atoms with E-state index in [4.69, 9.17) is 0 Å². The van der Waals surface area contributed by atoms with Crippen LogP contribution in [0.3, 0.4) is 0 Å². The summed E-state index contributed by atoms with van der Waals surface area (Å²) >= 11 is 0. The zero-order chi connectivity index (χ0) is 11.4. The molecule has 0 saturated carbocycles. The van der Waals surface area contributed by atoms with Crippen LogP contribution in [-0.2, 0) is 0 Å². The van der Waals surface area contributed by atoms with Crippen LogP contribution in [0.2, 0.25) is 0 Å². The van der Waals surface area contributed by atoms with Crippen molar-refractivity contribution < 1.29 is 0 Å². The van der Waals surface area contributed by atoms with E-state index < -0.39 is 0 Å². The monoisotopic (exact) mass is 212 g/mol. The number of rotatable bonds is 4. The number of nitrogens with one attached hydrogen (secondary N) is 1. The fourth-order valence-electron chi connectivity index (χ4n) is 2.44. The molecule has 0 aromatic carbocycles. The first-order valence-corrected chi connectivity index (χ1v) is 6.44. The van der Waals surface area contributed by atoms with Crippen LogP contribution in [0.4, 0.5) is 0 Å². The Morgan fingerprint density at radius 3 is 2.47 bits per heavy atom. The van der Waals surface area contributed by atoms with E-state index in [1.165, 1.54) is 26.1 Å². The lowest BCUT2D eigenvalue weighted by Crippen LogP contribution is -2.48. The maximum atomic E-state index is 3.42. The molecule has 0 spiro atoms. The summed E-state index contributed by atoms with van der Waals surface area (Å²) in [5, 5.41) is 3.42. The lowest BCUT2D eigenvalue weighted by atomic mass is 9.91. The highest BCUT2D eigenvalue weighted by Gasteiger charge is 2.25. The van der Waals surface area contributed by atoms with Crippen LogP contribution >= 0.6 is 0 Å². The minimum atomic E-state index is 0.732. The highest BCUT2D eigenvalue weighted by molar-refractivity contribution is 4.82. The van der Waals surface area contributed by atoms with E-state index in [0.717, 1.165) is 23.8 Å². The second-order valence-electron chi connectivity index (χ2n) is 5.64. The molecular weight excluding hydrogens is 184 g/mol. The normalized spacial score (nSPS) is 30.8. The van der Waals surface area contributed by atoms with Gasteiger partial charge in [-0.05, 0) is 37.8 Å². The summed E-state index contributed by atoms with van der Waals surface area (Å²) in [4.78, 5) is 2.64. The molecule has 0 aromatic heterocycles. The molecule has 1 N–H and O–H groups in total. The first-order valence-electron chi connectivity index (χ1n) is 6.44. The number of piperidine rings is 1. The molecule has 1 aliphatic rings. The van der Waals surface area contributed by atoms with Crippen LogP contribution in [0, 0.1) is 17.8 Å². The molecule has 90 valence electrons. The van der Waals surface area contributed by atoms with Gasteiger partial charge >= 0.3 is 0 Å². The van der Waals surface area contributed by atoms with Crippen molar-refractivity contribution in [1.29, 1.82) is 0 Å². The summed E-state index contributed by atoms with van der Waals surface area (Å²) in [5.74, 6) is 2.42. The van der Waals surface area contributed by atoms with Crippen molar-refractivity contribution in [2.45, 2.75) is 40.2 Å². The first-order chi connectivity index (χ1) is 7.04. The fraction of sp³-hybridized carbons (Fsp3) is 1.00. The van der Waals surface area contributed by atoms with E-state index in [2.05, 4.69) is 45.0 Å². The molecular formula is C13H28N2. The third-order valence-corrected chi connectivity index (χ3v) is 4.04. The Morgan fingerprint density at radius 1 is 1.33 bits per heavy atom. The third kappa shape index (κ3) is 3.76. The van der Waals surface area contributed by atoms with Gasteiger partial charge in [-0.3, -0.25) is 0 Å². The second kappa shape index (κ2) is 5.86. The fourth-order valence-corrected chi connectivity index (χ4v) is 2.44. The molecule has 1 aliphatic heterocycles. The van der Waals surface area contributed by atoms with Gasteiger partial charge in [-0.2, -0.15) is 0 Å². The Kier molecular flexibility index (Phi) is 5.07. The topological polar surface area (TPSA) is 15.3 Å². The van der Waals surface area contributed by atoms with Crippen LogP contribution in [0.5, 0.6) is 0 Å². The Morgan fingerprint density at radius 2 is 2.00 bits per heavy atom. The molecule has 2 heteroatoms. The van der Waals surface area contributed by atoms with Crippen molar-refractivity contribution in [3.8, 4) is 0 Å². The van der Waals surface area contributed by atoms with Crippen molar-refractivity contribution in [2.75, 3.05) is 26.7 Å². The zero-order valence-corrected chi connectivity index (χ0v) is 11.1. The lowest BCUT2D eigenvalue weighted by Gasteiger charge is -2.38. The van der Waals surface area contributed by atoms with E-state index in [0.29, 0.717) is 0 Å². The molecule has 1 rings (SSSR count). The van der Waals surface area contributed by atoms with Crippen LogP contribution in [-0.4, -0.2) is 37.6 Å². The van der Waals surface area contributed by atoms with Gasteiger partial charge in [-0.15, -0.1) is 0 Å². The average molecular weight is 212 g/mol. The molecule has 0 aromatic rings. The predicted molar refractivity (Wildman–Crippen MR) is 67.1 cm³/mol. The molecule has 0 bridgehead atoms. The second-order valence-corrected chi connectivity index (χ2v) is 5.64. The van der Waals surface area contributed by atoms with Gasteiger partial charge < -0.3 is 10.2 Å². The van der Waals surface area contributed by atoms with Crippen molar-refractivity contribution in [3.63, 3.8) is 0 Å². The van der Waals surface area contributed by atoms with Gasteiger partial charge in [0.25, 0.3) is 0 Å². The maximum absolute atomic E-state index is 3.42. The van der Waals surface area contributed by atoms with Crippen molar-refractivity contribution in [1.82, 2.24) is 10.2 Å². The smallest absolute Gasteiger partial charge is 0.0114 e. The Hall–Kier alpha value is -0.0800. The van der Waals surface area contributed by atoms with Gasteiger partial charge in [0.1, 0.15) is 0 Å². The van der Waals surface area contributed by atoms with Crippen molar-refractivity contribution in [3.05, 3.63) is 0 Å². The zero-order valence-electron chi connectivity index (χ0n) is 11.1. The van der Waals surface area contributed by atoms with E-state index in [9.17, 15) is 0 Å². The molecule has 1 saturated heterocycles. The largest absolute Gasteiger partial charge is 0.317 e. The quantitative estimate of drug-likeness (QED) is 0.768. The molecule has 2 nitrogen and oxygen atoms in total. The number of nitrogens with zero attached hydrogens (tertiary/aromatic N) is 1. The Bertz CT molecular complexity index is 179. The molecule has 15 heavy (non-hydrogen) atoms. The van der Waals surface area contributed by atoms with Gasteiger partial charge in [-0.1, -0.05) is 27.7 Å². The molecule has 1 heterocycles. The van der Waals surface area contributed by atoms with Crippen LogP contribution in [0.1, 0.15) is 34.1 Å². The third-order valence-electron chi connectivity index (χ3n) is 4.04. The van der Waals surface area contributed by atoms with Gasteiger partial charge in [0.15, 0.2) is 0 Å². The summed E-state index contributed by atoms with van der Waals surface area (Å²) < 4.78 is 0. The number of hydrogen-bond acceptors (Lipinski definition) is 2. The molecule has 0 amide bonds. The minimum Gasteiger partial charge on any atom is -0.317 e. The molecule has 0 aliphatic carbocycles. The minimum absolute atomic E-state index is 0.732. The highest BCUT2D eigenvalue weighted by Crippen LogP contribution is 2.19. The van der Waals surface area contributed by atoms with Crippen LogP contribution < -0.4 is 5.32 Å². The molecule has 0 radical (unpaired) electrons. The number of hydrogen-bond donors (Lipinski definition) is 1. The van der Waals surface area contributed by atoms with E-state index in [1.54, 1.807) is 0 Å². The average Bonchev–Trinajstić information content (AvgIpc) is 2.18. The van der Waals surface area contributed by atoms with Crippen LogP contribution in [0.15, 0.2) is 0 Å². The van der Waals surface area contributed by atoms with E-state index in [1.807, 2.05) is 0 Å². The standard InChI is InChI=1S/C13H28N2/c1-10(2)11(3)8-15-7-6-13(14-5)12(4)9-15/h10-14H,6-9H2,1-5H3. The van der Waals surface area contributed by atoms with Gasteiger partial charge in [0, 0.05) is 19.1 Å². The predicted octanol–water partition coefficient (Wildman–Crippen LogP) is 2.21. The summed E-state index contributed by atoms with van der Waals surface area (Å²) in [6, 6.07) is 0.732. The SMILES string of the molecule is CNC1CCN(CC(C)C(C)C)CC1C. The molecule has 3 unspecified atom stereocenters. The van der Waals surface area contributed by atoms with Crippen molar-refractivity contribution >= 4 is 0 Å². The number of likely N-dealkylation sites (tertiary alicyclic amines) is 1. The van der Waals surface area contributed by atoms with E-state index >= 15 is 0 Å². The molecule has 1 fully saturated rings. The lowest BCUT2D eigenvalue weighted by molar-refractivity contribution is 0.125. The maximum Gasteiger partial charge on any atom is 0.0114 e. The summed E-state index contributed by atoms with van der Waals surface area (Å²) in [7, 11) is 2.09. The van der Waals surface area contributed by atoms with Crippen molar-refractivity contribution in [2.24, 2.45) is 17.8 Å². The van der Waals surface area contributed by atoms with Crippen LogP contribution in [0.25, 0.3) is 0 Å². The Balaban J connectivity index is 2.34. The highest BCUT2D eigenvalue weighted by atomic mass is 15.1. The van der Waals surface area contributed by atoms with Gasteiger partial charge in [-0.25, -0.2) is 0 Å². The van der Waals surface area contributed by atoms with E-state index in [-0.39, 0.29) is 0 Å². The summed E-state index contributed by atoms with van der Waals surface area (Å²) in [5.41, 5.74) is 0. The summed E-state index contributed by atoms with van der Waals surface area (Å²) in [6.45, 7) is 13.2. The molecule has 3 atom stereocenters. The Labute approximate surface area is 95.4 Å².